The predicted molar refractivity (Wildman–Crippen MR) is 45.9 cm³/mol. The summed E-state index contributed by atoms with van der Waals surface area (Å²) >= 11 is 0. The molecule has 0 spiro atoms. The first kappa shape index (κ1) is 25.0. The fraction of sp³-hybridized carbons (Fsp3) is 1.00. The molecular weight excluding hydrogens is 297 g/mol. The van der Waals surface area contributed by atoms with Gasteiger partial charge >= 0.3 is 26.2 Å². The van der Waals surface area contributed by atoms with Crippen LogP contribution < -0.4 is 24.8 Å². The smallest absolute Gasteiger partial charge is 1.00 e. The third-order valence-electron chi connectivity index (χ3n) is 1.65. The molecule has 0 aromatic rings. The summed E-state index contributed by atoms with van der Waals surface area (Å²) in [6.45, 7) is 4.00. The summed E-state index contributed by atoms with van der Waals surface area (Å²) in [6, 6.07) is 0. The molecule has 0 aromatic carbocycles. The third-order valence-corrected chi connectivity index (χ3v) is 1.65. The fourth-order valence-electron chi connectivity index (χ4n) is 1.02. The van der Waals surface area contributed by atoms with Crippen molar-refractivity contribution in [3.63, 3.8) is 0 Å². The van der Waals surface area contributed by atoms with Gasteiger partial charge in [0.15, 0.2) is 0 Å². The molecule has 14 heavy (non-hydrogen) atoms. The Bertz CT molecular complexity index is 58.5. The van der Waals surface area contributed by atoms with E-state index in [0.29, 0.717) is 0 Å². The van der Waals surface area contributed by atoms with E-state index in [9.17, 15) is 0 Å². The van der Waals surface area contributed by atoms with Crippen LogP contribution in [-0.2, 0) is 35.7 Å². The minimum absolute atomic E-state index is 0. The Morgan fingerprint density at radius 3 is 0.857 bits per heavy atom. The topological polar surface area (TPSA) is 18.5 Å². The summed E-state index contributed by atoms with van der Waals surface area (Å²) in [7, 11) is 0. The number of rotatable bonds is 0. The van der Waals surface area contributed by atoms with E-state index < -0.39 is 0 Å². The van der Waals surface area contributed by atoms with Crippen molar-refractivity contribution >= 4 is 18.9 Å². The molecule has 0 unspecified atom stereocenters. The Kier molecular flexibility index (Phi) is 36.4. The van der Waals surface area contributed by atoms with E-state index in [4.69, 9.17) is 9.47 Å². The first-order chi connectivity index (χ1) is 5.00. The summed E-state index contributed by atoms with van der Waals surface area (Å²) in [4.78, 5) is 0. The van der Waals surface area contributed by atoms with E-state index in [2.05, 4.69) is 0 Å². The van der Waals surface area contributed by atoms with E-state index in [0.717, 1.165) is 26.4 Å². The fourth-order valence-corrected chi connectivity index (χ4v) is 1.02. The second kappa shape index (κ2) is 20.4. The van der Waals surface area contributed by atoms with Gasteiger partial charge in [-0.25, -0.2) is 0 Å². The summed E-state index contributed by atoms with van der Waals surface area (Å²) in [6.07, 6.45) is 5.11. The molecule has 0 aromatic heterocycles. The molecule has 2 aliphatic rings. The molecule has 0 bridgehead atoms. The largest absolute Gasteiger partial charge is 2.00 e. The van der Waals surface area contributed by atoms with Gasteiger partial charge in [0.05, 0.1) is 0 Å². The quantitative estimate of drug-likeness (QED) is 0.418. The van der Waals surface area contributed by atoms with Crippen molar-refractivity contribution in [2.75, 3.05) is 26.4 Å². The standard InChI is InChI=1S/2C4H8O.2ClH.Li.Zr/c2*1-2-4-5-3-1;;;;/h2*1-4H2;2*1H;;/q;;;;;+2/p-2. The summed E-state index contributed by atoms with van der Waals surface area (Å²) < 4.78 is 9.89. The molecule has 2 aliphatic heterocycles. The second-order valence-corrected chi connectivity index (χ2v) is 2.64. The van der Waals surface area contributed by atoms with Gasteiger partial charge in [-0.3, -0.25) is 0 Å². The second-order valence-electron chi connectivity index (χ2n) is 2.64. The van der Waals surface area contributed by atoms with Gasteiger partial charge in [0.1, 0.15) is 0 Å². The van der Waals surface area contributed by atoms with Gasteiger partial charge in [0.25, 0.3) is 0 Å². The molecule has 0 aliphatic carbocycles. The van der Waals surface area contributed by atoms with Crippen LogP contribution in [0.15, 0.2) is 0 Å². The van der Waals surface area contributed by atoms with E-state index in [-0.39, 0.29) is 69.9 Å². The van der Waals surface area contributed by atoms with Crippen LogP contribution in [-0.4, -0.2) is 45.3 Å². The predicted octanol–water partition coefficient (Wildman–Crippen LogP) is -4.78. The Hall–Kier alpha value is 1.98. The van der Waals surface area contributed by atoms with Crippen molar-refractivity contribution < 1.29 is 60.5 Å². The molecule has 0 N–H and O–H groups in total. The third kappa shape index (κ3) is 16.4. The van der Waals surface area contributed by atoms with Crippen molar-refractivity contribution in [3.05, 3.63) is 0 Å². The van der Waals surface area contributed by atoms with Crippen LogP contribution in [0, 0.1) is 0 Å². The van der Waals surface area contributed by atoms with Crippen LogP contribution >= 0.6 is 0 Å². The van der Waals surface area contributed by atoms with Crippen molar-refractivity contribution in [1.29, 1.82) is 0 Å². The van der Waals surface area contributed by atoms with Gasteiger partial charge in [0.2, 0.25) is 0 Å². The molecule has 2 heterocycles. The minimum Gasteiger partial charge on any atom is -1.00 e. The normalized spacial score (nSPS) is 17.1. The molecule has 0 amide bonds. The van der Waals surface area contributed by atoms with Crippen molar-refractivity contribution in [2.45, 2.75) is 25.7 Å². The molecule has 2 saturated heterocycles. The maximum absolute atomic E-state index is 4.94. The van der Waals surface area contributed by atoms with Crippen molar-refractivity contribution in [1.82, 2.24) is 0 Å². The van der Waals surface area contributed by atoms with Crippen LogP contribution in [0.2, 0.25) is 0 Å². The van der Waals surface area contributed by atoms with E-state index in [1.165, 1.54) is 25.7 Å². The van der Waals surface area contributed by atoms with E-state index in [1.807, 2.05) is 0 Å². The van der Waals surface area contributed by atoms with Crippen molar-refractivity contribution in [2.24, 2.45) is 0 Å². The molecule has 2 rings (SSSR count). The van der Waals surface area contributed by atoms with E-state index >= 15 is 0 Å². The average molecular weight is 313 g/mol. The average Bonchev–Trinajstić information content (AvgIpc) is 2.67. The van der Waals surface area contributed by atoms with Crippen LogP contribution in [0.5, 0.6) is 0 Å². The number of halogens is 2. The van der Waals surface area contributed by atoms with Crippen LogP contribution in [0.25, 0.3) is 0 Å². The molecule has 1 radical (unpaired) electrons. The van der Waals surface area contributed by atoms with Gasteiger partial charge in [-0.15, -0.1) is 0 Å². The number of hydrogen-bond donors (Lipinski definition) is 0. The van der Waals surface area contributed by atoms with Crippen LogP contribution in [0.1, 0.15) is 25.7 Å². The Morgan fingerprint density at radius 2 is 0.786 bits per heavy atom. The summed E-state index contributed by atoms with van der Waals surface area (Å²) in [5.74, 6) is 0. The molecule has 2 fully saturated rings. The molecule has 0 atom stereocenters. The van der Waals surface area contributed by atoms with Gasteiger partial charge in [-0.05, 0) is 25.7 Å². The first-order valence-electron chi connectivity index (χ1n) is 4.15. The zero-order valence-electron chi connectivity index (χ0n) is 8.73. The Morgan fingerprint density at radius 1 is 0.571 bits per heavy atom. The zero-order chi connectivity index (χ0) is 7.07. The molecule has 79 valence electrons. The van der Waals surface area contributed by atoms with Crippen LogP contribution in [0.4, 0.5) is 0 Å². The molecule has 0 saturated carbocycles. The van der Waals surface area contributed by atoms with Crippen molar-refractivity contribution in [3.8, 4) is 0 Å². The van der Waals surface area contributed by atoms with E-state index in [1.54, 1.807) is 0 Å². The molecule has 2 nitrogen and oxygen atoms in total. The first-order valence-corrected chi connectivity index (χ1v) is 4.15. The Labute approximate surface area is 130 Å². The minimum atomic E-state index is 0. The van der Waals surface area contributed by atoms with Crippen LogP contribution in [0.3, 0.4) is 0 Å². The summed E-state index contributed by atoms with van der Waals surface area (Å²) in [5, 5.41) is 0. The summed E-state index contributed by atoms with van der Waals surface area (Å²) in [5.41, 5.74) is 0. The monoisotopic (exact) mass is 311 g/mol. The SMILES string of the molecule is C1CCOC1.C1CCOC1.[Cl-].[Cl-].[Li].[Zr+2]. The molecule has 6 heteroatoms. The maximum Gasteiger partial charge on any atom is 2.00 e. The number of ether oxygens (including phenoxy) is 2. The van der Waals surface area contributed by atoms with Gasteiger partial charge in [-0.2, -0.15) is 0 Å². The number of hydrogen-bond acceptors (Lipinski definition) is 2. The Balaban J connectivity index is -0.0000000556. The molecular formula is C8H16Cl2LiO2Zr. The van der Waals surface area contributed by atoms with Gasteiger partial charge < -0.3 is 34.3 Å². The van der Waals surface area contributed by atoms with Gasteiger partial charge in [-0.1, -0.05) is 0 Å². The van der Waals surface area contributed by atoms with Gasteiger partial charge in [0, 0.05) is 45.3 Å². The zero-order valence-corrected chi connectivity index (χ0v) is 12.7. The maximum atomic E-state index is 4.94.